The summed E-state index contributed by atoms with van der Waals surface area (Å²) in [6.07, 6.45) is 3.22. The number of carbonyl (C=O) groups is 1. The number of aryl methyl sites for hydroxylation is 1. The molecule has 4 heteroatoms. The van der Waals surface area contributed by atoms with Crippen molar-refractivity contribution in [3.8, 4) is 0 Å². The lowest BCUT2D eigenvalue weighted by Crippen LogP contribution is -2.33. The van der Waals surface area contributed by atoms with Gasteiger partial charge in [0.2, 0.25) is 5.91 Å². The molecule has 1 aliphatic carbocycles. The number of amides is 1. The van der Waals surface area contributed by atoms with Gasteiger partial charge in [-0.3, -0.25) is 4.79 Å². The topological polar surface area (TPSA) is 49.3 Å². The summed E-state index contributed by atoms with van der Waals surface area (Å²) in [4.78, 5) is 14.0. The van der Waals surface area contributed by atoms with Gasteiger partial charge in [-0.25, -0.2) is 0 Å². The van der Waals surface area contributed by atoms with E-state index in [1.54, 1.807) is 11.3 Å². The van der Waals surface area contributed by atoms with E-state index in [9.17, 15) is 9.90 Å². The van der Waals surface area contributed by atoms with Gasteiger partial charge in [-0.2, -0.15) is 0 Å². The molecule has 0 radical (unpaired) electrons. The molecule has 0 aromatic carbocycles. The van der Waals surface area contributed by atoms with Crippen LogP contribution in [0.2, 0.25) is 0 Å². The second-order valence-corrected chi connectivity index (χ2v) is 6.12. The Balaban J connectivity index is 1.74. The lowest BCUT2D eigenvalue weighted by Gasteiger charge is -2.14. The molecule has 1 saturated carbocycles. The van der Waals surface area contributed by atoms with Crippen LogP contribution in [0.3, 0.4) is 0 Å². The second-order valence-electron chi connectivity index (χ2n) is 4.75. The van der Waals surface area contributed by atoms with Gasteiger partial charge in [-0.05, 0) is 31.9 Å². The second kappa shape index (κ2) is 5.65. The maximum absolute atomic E-state index is 11.7. The smallest absolute Gasteiger partial charge is 0.225 e. The number of nitrogens with one attached hydrogen (secondary N) is 1. The predicted molar refractivity (Wildman–Crippen MR) is 69.1 cm³/mol. The van der Waals surface area contributed by atoms with Crippen molar-refractivity contribution in [1.82, 2.24) is 5.32 Å². The third-order valence-corrected chi connectivity index (χ3v) is 4.31. The van der Waals surface area contributed by atoms with E-state index in [1.165, 1.54) is 4.88 Å². The maximum Gasteiger partial charge on any atom is 0.225 e. The lowest BCUT2D eigenvalue weighted by atomic mass is 10.1. The van der Waals surface area contributed by atoms with Crippen molar-refractivity contribution in [3.05, 3.63) is 21.9 Å². The minimum absolute atomic E-state index is 0.0611. The number of hydrogen-bond donors (Lipinski definition) is 2. The number of thiophene rings is 1. The highest BCUT2D eigenvalue weighted by atomic mass is 32.1. The molecule has 1 aliphatic rings. The summed E-state index contributed by atoms with van der Waals surface area (Å²) < 4.78 is 0. The van der Waals surface area contributed by atoms with E-state index in [2.05, 4.69) is 5.32 Å². The van der Waals surface area contributed by atoms with Gasteiger partial charge in [0, 0.05) is 22.2 Å². The first-order valence-corrected chi connectivity index (χ1v) is 6.97. The maximum atomic E-state index is 11.7. The highest BCUT2D eigenvalue weighted by Gasteiger charge is 2.25. The molecule has 2 atom stereocenters. The van der Waals surface area contributed by atoms with E-state index in [0.29, 0.717) is 13.0 Å². The number of aliphatic hydroxyl groups is 1. The quantitative estimate of drug-likeness (QED) is 0.860. The van der Waals surface area contributed by atoms with E-state index in [-0.39, 0.29) is 17.9 Å². The molecular weight excluding hydrogens is 234 g/mol. The molecule has 94 valence electrons. The van der Waals surface area contributed by atoms with Crippen molar-refractivity contribution < 1.29 is 9.90 Å². The Morgan fingerprint density at radius 3 is 2.94 bits per heavy atom. The van der Waals surface area contributed by atoms with Crippen LogP contribution in [-0.4, -0.2) is 23.7 Å². The van der Waals surface area contributed by atoms with Crippen molar-refractivity contribution in [2.75, 3.05) is 6.54 Å². The molecule has 0 aliphatic heterocycles. The summed E-state index contributed by atoms with van der Waals surface area (Å²) in [7, 11) is 0. The number of carbonyl (C=O) groups excluding carboxylic acids is 1. The molecule has 0 unspecified atom stereocenters. The zero-order chi connectivity index (χ0) is 12.3. The Labute approximate surface area is 106 Å². The summed E-state index contributed by atoms with van der Waals surface area (Å²) >= 11 is 1.66. The molecule has 1 aromatic rings. The third kappa shape index (κ3) is 3.54. The van der Waals surface area contributed by atoms with Gasteiger partial charge in [0.05, 0.1) is 12.5 Å². The number of rotatable bonds is 4. The zero-order valence-corrected chi connectivity index (χ0v) is 10.9. The van der Waals surface area contributed by atoms with Gasteiger partial charge < -0.3 is 10.4 Å². The molecule has 1 aromatic heterocycles. The average molecular weight is 253 g/mol. The SMILES string of the molecule is Cc1ccc(CC(=O)NC[C@H]2CCC[C@@H]2O)s1. The van der Waals surface area contributed by atoms with Crippen molar-refractivity contribution >= 4 is 17.2 Å². The van der Waals surface area contributed by atoms with Crippen molar-refractivity contribution in [2.24, 2.45) is 5.92 Å². The fourth-order valence-corrected chi connectivity index (χ4v) is 3.19. The zero-order valence-electron chi connectivity index (χ0n) is 10.1. The Morgan fingerprint density at radius 1 is 1.53 bits per heavy atom. The van der Waals surface area contributed by atoms with Crippen LogP contribution < -0.4 is 5.32 Å². The highest BCUT2D eigenvalue weighted by molar-refractivity contribution is 7.12. The molecule has 2 N–H and O–H groups in total. The van der Waals surface area contributed by atoms with E-state index in [1.807, 2.05) is 19.1 Å². The lowest BCUT2D eigenvalue weighted by molar-refractivity contribution is -0.120. The van der Waals surface area contributed by atoms with Crippen LogP contribution in [0.5, 0.6) is 0 Å². The first-order chi connectivity index (χ1) is 8.15. The minimum Gasteiger partial charge on any atom is -0.393 e. The number of aliphatic hydroxyl groups excluding tert-OH is 1. The summed E-state index contributed by atoms with van der Waals surface area (Å²) in [5.41, 5.74) is 0. The minimum atomic E-state index is -0.223. The van der Waals surface area contributed by atoms with Gasteiger partial charge in [0.25, 0.3) is 0 Å². The van der Waals surface area contributed by atoms with Gasteiger partial charge in [0.1, 0.15) is 0 Å². The monoisotopic (exact) mass is 253 g/mol. The fraction of sp³-hybridized carbons (Fsp3) is 0.615. The van der Waals surface area contributed by atoms with E-state index < -0.39 is 0 Å². The van der Waals surface area contributed by atoms with E-state index in [0.717, 1.165) is 24.1 Å². The largest absolute Gasteiger partial charge is 0.393 e. The summed E-state index contributed by atoms with van der Waals surface area (Å²) in [6.45, 7) is 2.66. The van der Waals surface area contributed by atoms with Gasteiger partial charge >= 0.3 is 0 Å². The van der Waals surface area contributed by atoms with Crippen LogP contribution in [0, 0.1) is 12.8 Å². The Morgan fingerprint density at radius 2 is 2.35 bits per heavy atom. The highest BCUT2D eigenvalue weighted by Crippen LogP contribution is 2.24. The normalized spacial score (nSPS) is 23.9. The van der Waals surface area contributed by atoms with Crippen LogP contribution in [0.15, 0.2) is 12.1 Å². The molecule has 0 bridgehead atoms. The Bertz CT molecular complexity index is 389. The molecule has 1 amide bonds. The van der Waals surface area contributed by atoms with E-state index in [4.69, 9.17) is 0 Å². The molecule has 0 spiro atoms. The fourth-order valence-electron chi connectivity index (χ4n) is 2.30. The van der Waals surface area contributed by atoms with Crippen LogP contribution in [0.1, 0.15) is 29.0 Å². The van der Waals surface area contributed by atoms with Crippen LogP contribution in [-0.2, 0) is 11.2 Å². The van der Waals surface area contributed by atoms with Crippen LogP contribution >= 0.6 is 11.3 Å². The molecule has 1 heterocycles. The molecule has 0 saturated heterocycles. The Hall–Kier alpha value is -0.870. The molecule has 3 nitrogen and oxygen atoms in total. The van der Waals surface area contributed by atoms with Gasteiger partial charge in [-0.15, -0.1) is 11.3 Å². The Kier molecular flexibility index (Phi) is 4.18. The van der Waals surface area contributed by atoms with Crippen LogP contribution in [0.25, 0.3) is 0 Å². The van der Waals surface area contributed by atoms with Crippen molar-refractivity contribution in [3.63, 3.8) is 0 Å². The molecule has 17 heavy (non-hydrogen) atoms. The summed E-state index contributed by atoms with van der Waals surface area (Å²) in [5.74, 6) is 0.315. The first kappa shape index (κ1) is 12.6. The van der Waals surface area contributed by atoms with E-state index >= 15 is 0 Å². The summed E-state index contributed by atoms with van der Waals surface area (Å²) in [5, 5.41) is 12.6. The van der Waals surface area contributed by atoms with Gasteiger partial charge in [0.15, 0.2) is 0 Å². The average Bonchev–Trinajstić information content (AvgIpc) is 2.85. The van der Waals surface area contributed by atoms with Crippen molar-refractivity contribution in [1.29, 1.82) is 0 Å². The molecule has 1 fully saturated rings. The third-order valence-electron chi connectivity index (χ3n) is 3.31. The standard InChI is InChI=1S/C13H19NO2S/c1-9-5-6-11(17-9)7-13(16)14-8-10-3-2-4-12(10)15/h5-6,10,12,15H,2-4,7-8H2,1H3,(H,14,16)/t10-,12+/m1/s1. The predicted octanol–water partition coefficient (Wildman–Crippen LogP) is 1.88. The van der Waals surface area contributed by atoms with Crippen molar-refractivity contribution in [2.45, 2.75) is 38.7 Å². The number of hydrogen-bond acceptors (Lipinski definition) is 3. The summed E-state index contributed by atoms with van der Waals surface area (Å²) in [6, 6.07) is 4.04. The molecular formula is C13H19NO2S. The molecule has 2 rings (SSSR count). The van der Waals surface area contributed by atoms with Crippen LogP contribution in [0.4, 0.5) is 0 Å². The van der Waals surface area contributed by atoms with Gasteiger partial charge in [-0.1, -0.05) is 6.42 Å². The first-order valence-electron chi connectivity index (χ1n) is 6.15.